The van der Waals surface area contributed by atoms with Gasteiger partial charge in [-0.2, -0.15) is 0 Å². The standard InChI is InChI=1S/C7H14.C6H12/c1-2-4-7-5-3-6-7;1-6-4-2-3-5-6/h7H,2-6H2,1H3;6H,2-5H2,1H3. The van der Waals surface area contributed by atoms with Gasteiger partial charge in [0, 0.05) is 0 Å². The summed E-state index contributed by atoms with van der Waals surface area (Å²) < 4.78 is 0. The summed E-state index contributed by atoms with van der Waals surface area (Å²) in [6.07, 6.45) is 13.4. The molecule has 0 heteroatoms. The van der Waals surface area contributed by atoms with Gasteiger partial charge in [0.25, 0.3) is 0 Å². The van der Waals surface area contributed by atoms with Gasteiger partial charge in [0.05, 0.1) is 0 Å². The Morgan fingerprint density at radius 3 is 1.69 bits per heavy atom. The molecule has 2 rings (SSSR count). The summed E-state index contributed by atoms with van der Waals surface area (Å²) in [7, 11) is 0. The first kappa shape index (κ1) is 11.1. The van der Waals surface area contributed by atoms with Crippen molar-refractivity contribution in [3.05, 3.63) is 0 Å². The lowest BCUT2D eigenvalue weighted by molar-refractivity contribution is 0.294. The monoisotopic (exact) mass is 182 g/mol. The van der Waals surface area contributed by atoms with E-state index in [1.54, 1.807) is 0 Å². The quantitative estimate of drug-likeness (QED) is 0.576. The molecule has 0 bridgehead atoms. The molecule has 0 atom stereocenters. The van der Waals surface area contributed by atoms with Gasteiger partial charge in [-0.05, 0) is 11.8 Å². The summed E-state index contributed by atoms with van der Waals surface area (Å²) >= 11 is 0. The summed E-state index contributed by atoms with van der Waals surface area (Å²) in [5.41, 5.74) is 0. The Kier molecular flexibility index (Phi) is 5.50. The van der Waals surface area contributed by atoms with E-state index < -0.39 is 0 Å². The molecule has 0 aliphatic heterocycles. The number of hydrogen-bond acceptors (Lipinski definition) is 0. The van der Waals surface area contributed by atoms with E-state index in [2.05, 4.69) is 13.8 Å². The van der Waals surface area contributed by atoms with Crippen molar-refractivity contribution >= 4 is 0 Å². The van der Waals surface area contributed by atoms with Gasteiger partial charge in [0.15, 0.2) is 0 Å². The highest BCUT2D eigenvalue weighted by atomic mass is 14.2. The zero-order valence-corrected chi connectivity index (χ0v) is 9.52. The molecule has 2 aliphatic carbocycles. The van der Waals surface area contributed by atoms with Crippen LogP contribution in [0.15, 0.2) is 0 Å². The predicted molar refractivity (Wildman–Crippen MR) is 59.9 cm³/mol. The van der Waals surface area contributed by atoms with Gasteiger partial charge in [0.2, 0.25) is 0 Å². The van der Waals surface area contributed by atoms with Crippen LogP contribution in [0.25, 0.3) is 0 Å². The van der Waals surface area contributed by atoms with Crippen LogP contribution in [0.5, 0.6) is 0 Å². The molecule has 0 N–H and O–H groups in total. The molecular formula is C13H26. The van der Waals surface area contributed by atoms with E-state index >= 15 is 0 Å². The first-order valence-electron chi connectivity index (χ1n) is 6.33. The molecule has 0 amide bonds. The summed E-state index contributed by atoms with van der Waals surface area (Å²) in [6.45, 7) is 4.62. The Hall–Kier alpha value is 0. The normalized spacial score (nSPS) is 23.5. The van der Waals surface area contributed by atoms with E-state index in [1.807, 2.05) is 0 Å². The zero-order chi connectivity index (χ0) is 9.52. The van der Waals surface area contributed by atoms with Gasteiger partial charge in [-0.3, -0.25) is 0 Å². The smallest absolute Gasteiger partial charge is 0.0414 e. The second-order valence-electron chi connectivity index (χ2n) is 4.98. The zero-order valence-electron chi connectivity index (χ0n) is 9.52. The van der Waals surface area contributed by atoms with E-state index in [4.69, 9.17) is 0 Å². The van der Waals surface area contributed by atoms with Gasteiger partial charge < -0.3 is 0 Å². The average Bonchev–Trinajstić information content (AvgIpc) is 2.49. The molecule has 0 radical (unpaired) electrons. The van der Waals surface area contributed by atoms with Crippen LogP contribution in [-0.2, 0) is 0 Å². The van der Waals surface area contributed by atoms with E-state index in [1.165, 1.54) is 57.8 Å². The predicted octanol–water partition coefficient (Wildman–Crippen LogP) is 4.78. The lowest BCUT2D eigenvalue weighted by Gasteiger charge is -2.24. The first-order chi connectivity index (χ1) is 6.33. The van der Waals surface area contributed by atoms with Gasteiger partial charge in [0.1, 0.15) is 0 Å². The van der Waals surface area contributed by atoms with Crippen molar-refractivity contribution in [3.63, 3.8) is 0 Å². The molecule has 2 saturated carbocycles. The minimum atomic E-state index is 1.05. The van der Waals surface area contributed by atoms with Crippen molar-refractivity contribution < 1.29 is 0 Å². The highest BCUT2D eigenvalue weighted by Crippen LogP contribution is 2.29. The number of rotatable bonds is 2. The van der Waals surface area contributed by atoms with Crippen molar-refractivity contribution in [2.24, 2.45) is 11.8 Å². The van der Waals surface area contributed by atoms with Crippen molar-refractivity contribution in [1.82, 2.24) is 0 Å². The first-order valence-corrected chi connectivity index (χ1v) is 6.33. The van der Waals surface area contributed by atoms with Crippen molar-refractivity contribution in [3.8, 4) is 0 Å². The van der Waals surface area contributed by atoms with Crippen molar-refractivity contribution in [1.29, 1.82) is 0 Å². The van der Waals surface area contributed by atoms with Crippen LogP contribution < -0.4 is 0 Å². The second-order valence-corrected chi connectivity index (χ2v) is 4.98. The van der Waals surface area contributed by atoms with E-state index in [0.29, 0.717) is 0 Å². The molecule has 0 nitrogen and oxygen atoms in total. The fraction of sp³-hybridized carbons (Fsp3) is 1.00. The number of hydrogen-bond donors (Lipinski definition) is 0. The van der Waals surface area contributed by atoms with Crippen LogP contribution in [-0.4, -0.2) is 0 Å². The minimum Gasteiger partial charge on any atom is -0.0654 e. The third-order valence-corrected chi connectivity index (χ3v) is 3.57. The molecule has 0 heterocycles. The van der Waals surface area contributed by atoms with Gasteiger partial charge >= 0.3 is 0 Å². The molecule has 13 heavy (non-hydrogen) atoms. The molecule has 0 aromatic heterocycles. The third kappa shape index (κ3) is 4.69. The summed E-state index contributed by atoms with van der Waals surface area (Å²) in [4.78, 5) is 0. The van der Waals surface area contributed by atoms with Crippen LogP contribution in [0.3, 0.4) is 0 Å². The lowest BCUT2D eigenvalue weighted by Crippen LogP contribution is -2.09. The van der Waals surface area contributed by atoms with Crippen molar-refractivity contribution in [2.75, 3.05) is 0 Å². The maximum absolute atomic E-state index is 2.34. The fourth-order valence-corrected chi connectivity index (χ4v) is 2.32. The highest BCUT2D eigenvalue weighted by Gasteiger charge is 2.14. The summed E-state index contributed by atoms with van der Waals surface area (Å²) in [6, 6.07) is 0. The van der Waals surface area contributed by atoms with Crippen LogP contribution in [0.2, 0.25) is 0 Å². The molecule has 0 aromatic carbocycles. The molecule has 0 spiro atoms. The molecule has 78 valence electrons. The van der Waals surface area contributed by atoms with Crippen LogP contribution in [0.1, 0.15) is 71.6 Å². The maximum atomic E-state index is 2.34. The largest absolute Gasteiger partial charge is 0.0654 e. The molecular weight excluding hydrogens is 156 g/mol. The molecule has 0 unspecified atom stereocenters. The third-order valence-electron chi connectivity index (χ3n) is 3.57. The van der Waals surface area contributed by atoms with Crippen LogP contribution in [0, 0.1) is 11.8 Å². The fourth-order valence-electron chi connectivity index (χ4n) is 2.32. The van der Waals surface area contributed by atoms with Crippen molar-refractivity contribution in [2.45, 2.75) is 71.6 Å². The van der Waals surface area contributed by atoms with E-state index in [-0.39, 0.29) is 0 Å². The summed E-state index contributed by atoms with van der Waals surface area (Å²) in [5, 5.41) is 0. The lowest BCUT2D eigenvalue weighted by atomic mass is 9.82. The molecule has 0 saturated heterocycles. The Morgan fingerprint density at radius 1 is 0.923 bits per heavy atom. The van der Waals surface area contributed by atoms with Crippen LogP contribution in [0.4, 0.5) is 0 Å². The van der Waals surface area contributed by atoms with Crippen LogP contribution >= 0.6 is 0 Å². The highest BCUT2D eigenvalue weighted by molar-refractivity contribution is 4.67. The van der Waals surface area contributed by atoms with Gasteiger partial charge in [-0.15, -0.1) is 0 Å². The Balaban J connectivity index is 0.000000132. The topological polar surface area (TPSA) is 0 Å². The van der Waals surface area contributed by atoms with Gasteiger partial charge in [-0.1, -0.05) is 71.6 Å². The van der Waals surface area contributed by atoms with E-state index in [0.717, 1.165) is 11.8 Å². The second kappa shape index (κ2) is 6.45. The maximum Gasteiger partial charge on any atom is -0.0414 e. The Bertz CT molecular complexity index is 107. The SMILES string of the molecule is CC1CCCC1.CCCC1CCC1. The molecule has 0 aromatic rings. The average molecular weight is 182 g/mol. The molecule has 2 fully saturated rings. The van der Waals surface area contributed by atoms with Gasteiger partial charge in [-0.25, -0.2) is 0 Å². The van der Waals surface area contributed by atoms with E-state index in [9.17, 15) is 0 Å². The Morgan fingerprint density at radius 2 is 1.54 bits per heavy atom. The summed E-state index contributed by atoms with van der Waals surface area (Å²) in [5.74, 6) is 2.18. The Labute approximate surface area is 84.1 Å². The molecule has 2 aliphatic rings. The minimum absolute atomic E-state index is 1.05.